The fourth-order valence-electron chi connectivity index (χ4n) is 3.85. The molecule has 0 aliphatic carbocycles. The Kier molecular flexibility index (Phi) is 3.63. The van der Waals surface area contributed by atoms with Crippen LogP contribution in [-0.2, 0) is 14.4 Å². The Hall–Kier alpha value is -2.42. The summed E-state index contributed by atoms with van der Waals surface area (Å²) in [6, 6.07) is -0.319. The number of nitrogens with zero attached hydrogens (tertiary/aromatic N) is 2. The number of fused-ring (bicyclic) bond motifs is 1. The van der Waals surface area contributed by atoms with Gasteiger partial charge < -0.3 is 26.2 Å². The number of aliphatic hydroxyl groups is 1. The lowest BCUT2D eigenvalue weighted by molar-refractivity contribution is -0.161. The molecule has 0 aromatic heterocycles. The van der Waals surface area contributed by atoms with Crippen LogP contribution >= 0.6 is 0 Å². The molecule has 5 N–H and O–H groups in total. The Morgan fingerprint density at radius 2 is 2.21 bits per heavy atom. The van der Waals surface area contributed by atoms with Crippen molar-refractivity contribution < 1.29 is 24.6 Å². The first kappa shape index (κ1) is 16.4. The van der Waals surface area contributed by atoms with Crippen LogP contribution in [0, 0.1) is 5.92 Å². The third-order valence-corrected chi connectivity index (χ3v) is 4.87. The van der Waals surface area contributed by atoms with Crippen molar-refractivity contribution in [1.82, 2.24) is 10.2 Å². The van der Waals surface area contributed by atoms with Gasteiger partial charge in [0.25, 0.3) is 5.91 Å². The standard InChI is InChI=1S/C15H20N4O5/c1-6(20)9-8-3-7(10(14(23)24)19(8)13(9)22)4-15(2)5-17-12(18-15)11(16)21/h6,8-9,20H,3-5H2,1-2H3,(H2,16,21)(H,17,18)(H,23,24)/t6-,8-,9-,15-/m1/s1. The van der Waals surface area contributed by atoms with E-state index in [2.05, 4.69) is 10.3 Å². The third-order valence-electron chi connectivity index (χ3n) is 4.87. The van der Waals surface area contributed by atoms with Crippen molar-refractivity contribution in [3.8, 4) is 0 Å². The number of rotatable bonds is 5. The van der Waals surface area contributed by atoms with Crippen LogP contribution in [0.5, 0.6) is 0 Å². The molecular weight excluding hydrogens is 316 g/mol. The number of amides is 2. The van der Waals surface area contributed by atoms with E-state index >= 15 is 0 Å². The fourth-order valence-corrected chi connectivity index (χ4v) is 3.85. The molecule has 0 radical (unpaired) electrons. The molecule has 1 fully saturated rings. The number of primary amides is 1. The van der Waals surface area contributed by atoms with Crippen LogP contribution in [0.1, 0.15) is 26.7 Å². The molecule has 130 valence electrons. The van der Waals surface area contributed by atoms with Crippen molar-refractivity contribution in [3.63, 3.8) is 0 Å². The maximum Gasteiger partial charge on any atom is 0.352 e. The summed E-state index contributed by atoms with van der Waals surface area (Å²) in [5.74, 6) is -2.68. The van der Waals surface area contributed by atoms with Crippen LogP contribution in [0.2, 0.25) is 0 Å². The maximum absolute atomic E-state index is 12.2. The Morgan fingerprint density at radius 1 is 1.54 bits per heavy atom. The first-order valence-corrected chi connectivity index (χ1v) is 7.73. The van der Waals surface area contributed by atoms with Crippen LogP contribution in [-0.4, -0.2) is 63.0 Å². The number of nitrogens with two attached hydrogens (primary N) is 1. The Bertz CT molecular complexity index is 698. The van der Waals surface area contributed by atoms with Gasteiger partial charge in [-0.05, 0) is 32.3 Å². The number of amidine groups is 1. The van der Waals surface area contributed by atoms with E-state index in [-0.39, 0.29) is 23.5 Å². The summed E-state index contributed by atoms with van der Waals surface area (Å²) in [6.45, 7) is 3.65. The van der Waals surface area contributed by atoms with Crippen molar-refractivity contribution in [2.24, 2.45) is 16.6 Å². The van der Waals surface area contributed by atoms with Gasteiger partial charge in [-0.2, -0.15) is 0 Å². The molecule has 3 aliphatic rings. The predicted molar refractivity (Wildman–Crippen MR) is 82.7 cm³/mol. The van der Waals surface area contributed by atoms with Crippen molar-refractivity contribution in [2.45, 2.75) is 44.4 Å². The number of β-lactam (4-membered cyclic amide) rings is 1. The van der Waals surface area contributed by atoms with E-state index in [9.17, 15) is 24.6 Å². The minimum atomic E-state index is -1.16. The highest BCUT2D eigenvalue weighted by Crippen LogP contribution is 2.45. The smallest absolute Gasteiger partial charge is 0.352 e. The van der Waals surface area contributed by atoms with Crippen molar-refractivity contribution in [2.75, 3.05) is 6.54 Å². The van der Waals surface area contributed by atoms with Gasteiger partial charge in [0.2, 0.25) is 5.91 Å². The largest absolute Gasteiger partial charge is 0.477 e. The first-order valence-electron chi connectivity index (χ1n) is 7.73. The molecule has 0 aromatic carbocycles. The quantitative estimate of drug-likeness (QED) is 0.453. The molecule has 24 heavy (non-hydrogen) atoms. The number of carbonyl (C=O) groups excluding carboxylic acids is 2. The second kappa shape index (κ2) is 5.30. The average Bonchev–Trinajstić information content (AvgIpc) is 2.98. The lowest BCUT2D eigenvalue weighted by Crippen LogP contribution is -2.61. The number of nitrogens with one attached hydrogen (secondary N) is 1. The number of hydrogen-bond acceptors (Lipinski definition) is 6. The van der Waals surface area contributed by atoms with Crippen LogP contribution in [0.25, 0.3) is 0 Å². The number of aliphatic imine (C=N–C) groups is 1. The molecule has 3 rings (SSSR count). The second-order valence-corrected chi connectivity index (χ2v) is 6.89. The van der Waals surface area contributed by atoms with Crippen LogP contribution in [0.4, 0.5) is 0 Å². The summed E-state index contributed by atoms with van der Waals surface area (Å²) < 4.78 is 0. The van der Waals surface area contributed by atoms with E-state index in [1.54, 1.807) is 0 Å². The van der Waals surface area contributed by atoms with Crippen LogP contribution < -0.4 is 11.1 Å². The molecule has 9 heteroatoms. The van der Waals surface area contributed by atoms with E-state index < -0.39 is 29.4 Å². The Labute approximate surface area is 138 Å². The normalized spacial score (nSPS) is 32.9. The minimum Gasteiger partial charge on any atom is -0.477 e. The SMILES string of the molecule is C[C@@H](O)[C@H]1C(=O)N2C(C(=O)O)=C(C[C@]3(C)CN=C(C(N)=O)N3)C[C@H]12. The van der Waals surface area contributed by atoms with Gasteiger partial charge >= 0.3 is 5.97 Å². The molecule has 3 aliphatic heterocycles. The monoisotopic (exact) mass is 336 g/mol. The first-order chi connectivity index (χ1) is 11.1. The lowest BCUT2D eigenvalue weighted by atomic mass is 9.82. The zero-order valence-corrected chi connectivity index (χ0v) is 13.4. The topological polar surface area (TPSA) is 145 Å². The zero-order chi connectivity index (χ0) is 17.8. The van der Waals surface area contributed by atoms with Gasteiger partial charge in [-0.15, -0.1) is 0 Å². The summed E-state index contributed by atoms with van der Waals surface area (Å²) in [7, 11) is 0. The molecule has 3 heterocycles. The molecule has 0 aromatic rings. The molecule has 1 saturated heterocycles. The van der Waals surface area contributed by atoms with E-state index in [0.29, 0.717) is 25.0 Å². The maximum atomic E-state index is 12.2. The van der Waals surface area contributed by atoms with Crippen LogP contribution in [0.15, 0.2) is 16.3 Å². The zero-order valence-electron chi connectivity index (χ0n) is 13.4. The summed E-state index contributed by atoms with van der Waals surface area (Å²) in [5.41, 5.74) is 5.17. The summed E-state index contributed by atoms with van der Waals surface area (Å²) in [5, 5.41) is 22.2. The van der Waals surface area contributed by atoms with Gasteiger partial charge in [0.15, 0.2) is 5.84 Å². The fraction of sp³-hybridized carbons (Fsp3) is 0.600. The van der Waals surface area contributed by atoms with Gasteiger partial charge in [-0.1, -0.05) is 0 Å². The van der Waals surface area contributed by atoms with Gasteiger partial charge in [-0.25, -0.2) is 4.79 Å². The van der Waals surface area contributed by atoms with Gasteiger partial charge in [0.1, 0.15) is 5.70 Å². The summed E-state index contributed by atoms with van der Waals surface area (Å²) in [6.07, 6.45) is -0.105. The molecule has 4 atom stereocenters. The van der Waals surface area contributed by atoms with E-state index in [0.717, 1.165) is 0 Å². The highest BCUT2D eigenvalue weighted by molar-refractivity contribution is 6.37. The van der Waals surface area contributed by atoms with Crippen molar-refractivity contribution >= 4 is 23.6 Å². The Morgan fingerprint density at radius 3 is 2.71 bits per heavy atom. The van der Waals surface area contributed by atoms with E-state index in [1.807, 2.05) is 6.92 Å². The molecular formula is C15H20N4O5. The van der Waals surface area contributed by atoms with Crippen LogP contribution in [0.3, 0.4) is 0 Å². The average molecular weight is 336 g/mol. The number of carbonyl (C=O) groups is 3. The third kappa shape index (κ3) is 2.35. The predicted octanol–water partition coefficient (Wildman–Crippen LogP) is -1.43. The molecule has 0 bridgehead atoms. The van der Waals surface area contributed by atoms with Crippen molar-refractivity contribution in [3.05, 3.63) is 11.3 Å². The molecule has 9 nitrogen and oxygen atoms in total. The Balaban J connectivity index is 1.82. The van der Waals surface area contributed by atoms with Crippen molar-refractivity contribution in [1.29, 1.82) is 0 Å². The highest BCUT2D eigenvalue weighted by atomic mass is 16.4. The molecule has 0 spiro atoms. The number of hydrogen-bond donors (Lipinski definition) is 4. The van der Waals surface area contributed by atoms with Gasteiger partial charge in [0.05, 0.1) is 30.1 Å². The number of aliphatic carboxylic acids is 1. The summed E-state index contributed by atoms with van der Waals surface area (Å²) in [4.78, 5) is 40.3. The molecule has 2 amide bonds. The highest BCUT2D eigenvalue weighted by Gasteiger charge is 2.57. The lowest BCUT2D eigenvalue weighted by Gasteiger charge is -2.44. The minimum absolute atomic E-state index is 0.0162. The summed E-state index contributed by atoms with van der Waals surface area (Å²) >= 11 is 0. The second-order valence-electron chi connectivity index (χ2n) is 6.89. The number of carboxylic acids is 1. The van der Waals surface area contributed by atoms with E-state index in [4.69, 9.17) is 5.73 Å². The number of aliphatic hydroxyl groups excluding tert-OH is 1. The number of carboxylic acid groups (broad SMARTS) is 1. The molecule has 0 saturated carbocycles. The van der Waals surface area contributed by atoms with Gasteiger partial charge in [-0.3, -0.25) is 14.6 Å². The molecule has 0 unspecified atom stereocenters. The van der Waals surface area contributed by atoms with Gasteiger partial charge in [0, 0.05) is 0 Å². The van der Waals surface area contributed by atoms with E-state index in [1.165, 1.54) is 11.8 Å².